The fraction of sp³-hybridized carbons (Fsp3) is 0.286. The van der Waals surface area contributed by atoms with Gasteiger partial charge >= 0.3 is 0 Å². The van der Waals surface area contributed by atoms with E-state index < -0.39 is 0 Å². The highest BCUT2D eigenvalue weighted by molar-refractivity contribution is 7.14. The third-order valence-corrected chi connectivity index (χ3v) is 5.63. The van der Waals surface area contributed by atoms with E-state index in [1.165, 1.54) is 23.5 Å². The number of hydrogen-bond donors (Lipinski definition) is 1. The number of nitrogens with zero attached hydrogens (tertiary/aromatic N) is 3. The average molecular weight is 428 g/mol. The van der Waals surface area contributed by atoms with E-state index in [-0.39, 0.29) is 24.2 Å². The molecule has 0 radical (unpaired) electrons. The number of benzene rings is 1. The lowest BCUT2D eigenvalue weighted by Crippen LogP contribution is -2.50. The number of piperazine rings is 1. The fourth-order valence-corrected chi connectivity index (χ4v) is 4.00. The van der Waals surface area contributed by atoms with E-state index >= 15 is 0 Å². The van der Waals surface area contributed by atoms with Crippen molar-refractivity contribution in [3.05, 3.63) is 59.1 Å². The number of carbonyl (C=O) groups excluding carboxylic acids is 2. The van der Waals surface area contributed by atoms with Gasteiger partial charge in [-0.05, 0) is 43.3 Å². The second-order valence-electron chi connectivity index (χ2n) is 7.07. The zero-order valence-electron chi connectivity index (χ0n) is 16.4. The molecule has 4 rings (SSSR count). The zero-order valence-corrected chi connectivity index (χ0v) is 17.2. The van der Waals surface area contributed by atoms with Crippen LogP contribution in [0.25, 0.3) is 11.3 Å². The number of nitrogens with one attached hydrogen (secondary N) is 1. The van der Waals surface area contributed by atoms with Crippen molar-refractivity contribution in [3.8, 4) is 11.3 Å². The van der Waals surface area contributed by atoms with Crippen molar-refractivity contribution in [2.24, 2.45) is 0 Å². The maximum atomic E-state index is 13.1. The highest BCUT2D eigenvalue weighted by Crippen LogP contribution is 2.25. The van der Waals surface area contributed by atoms with E-state index in [9.17, 15) is 14.0 Å². The second-order valence-corrected chi connectivity index (χ2v) is 7.93. The molecule has 1 fully saturated rings. The Hall–Kier alpha value is -3.04. The van der Waals surface area contributed by atoms with Crippen molar-refractivity contribution in [2.45, 2.75) is 6.92 Å². The molecule has 0 unspecified atom stereocenters. The molecular weight excluding hydrogens is 407 g/mol. The van der Waals surface area contributed by atoms with Crippen molar-refractivity contribution >= 4 is 28.3 Å². The minimum absolute atomic E-state index is 0.122. The molecule has 9 heteroatoms. The van der Waals surface area contributed by atoms with Crippen molar-refractivity contribution in [2.75, 3.05) is 38.0 Å². The number of anilines is 1. The Kier molecular flexibility index (Phi) is 5.91. The molecule has 0 spiro atoms. The quantitative estimate of drug-likeness (QED) is 0.675. The Morgan fingerprint density at radius 1 is 1.13 bits per heavy atom. The van der Waals surface area contributed by atoms with E-state index in [1.807, 2.05) is 10.3 Å². The Labute approximate surface area is 177 Å². The van der Waals surface area contributed by atoms with Crippen LogP contribution in [0, 0.1) is 12.7 Å². The Morgan fingerprint density at radius 2 is 1.87 bits per heavy atom. The molecule has 2 aromatic heterocycles. The van der Waals surface area contributed by atoms with E-state index in [4.69, 9.17) is 4.42 Å². The van der Waals surface area contributed by atoms with Gasteiger partial charge in [0.25, 0.3) is 5.91 Å². The molecule has 1 aromatic carbocycles. The van der Waals surface area contributed by atoms with Gasteiger partial charge in [-0.15, -0.1) is 11.3 Å². The van der Waals surface area contributed by atoms with Gasteiger partial charge in [0.15, 0.2) is 10.9 Å². The van der Waals surface area contributed by atoms with Crippen LogP contribution in [-0.2, 0) is 4.79 Å². The molecular formula is C21H21FN4O3S. The van der Waals surface area contributed by atoms with Gasteiger partial charge in [-0.1, -0.05) is 0 Å². The number of furan rings is 1. The molecule has 0 saturated carbocycles. The van der Waals surface area contributed by atoms with E-state index in [1.54, 1.807) is 36.1 Å². The summed E-state index contributed by atoms with van der Waals surface area (Å²) in [6, 6.07) is 9.52. The van der Waals surface area contributed by atoms with Crippen LogP contribution >= 0.6 is 11.3 Å². The Morgan fingerprint density at radius 3 is 2.53 bits per heavy atom. The number of thiazole rings is 1. The number of aromatic nitrogens is 1. The van der Waals surface area contributed by atoms with Crippen LogP contribution in [0.5, 0.6) is 0 Å². The van der Waals surface area contributed by atoms with Gasteiger partial charge in [0.1, 0.15) is 11.6 Å². The largest absolute Gasteiger partial charge is 0.456 e. The molecule has 1 aliphatic rings. The molecule has 1 aliphatic heterocycles. The molecule has 3 aromatic rings. The summed E-state index contributed by atoms with van der Waals surface area (Å²) in [5.41, 5.74) is 1.48. The number of carbonyl (C=O) groups is 2. The maximum absolute atomic E-state index is 13.1. The summed E-state index contributed by atoms with van der Waals surface area (Å²) in [7, 11) is 0. The van der Waals surface area contributed by atoms with Gasteiger partial charge in [0.2, 0.25) is 5.91 Å². The Balaban J connectivity index is 1.26. The van der Waals surface area contributed by atoms with Crippen molar-refractivity contribution in [1.29, 1.82) is 0 Å². The van der Waals surface area contributed by atoms with Crippen LogP contribution in [0.3, 0.4) is 0 Å². The summed E-state index contributed by atoms with van der Waals surface area (Å²) in [4.78, 5) is 32.9. The summed E-state index contributed by atoms with van der Waals surface area (Å²) in [6.45, 7) is 4.33. The van der Waals surface area contributed by atoms with Gasteiger partial charge < -0.3 is 14.6 Å². The smallest absolute Gasteiger partial charge is 0.289 e. The highest BCUT2D eigenvalue weighted by Gasteiger charge is 2.25. The lowest BCUT2D eigenvalue weighted by Gasteiger charge is -2.33. The number of amides is 2. The van der Waals surface area contributed by atoms with Crippen molar-refractivity contribution in [1.82, 2.24) is 14.8 Å². The molecule has 30 heavy (non-hydrogen) atoms. The van der Waals surface area contributed by atoms with Gasteiger partial charge in [-0.25, -0.2) is 9.37 Å². The van der Waals surface area contributed by atoms with E-state index in [2.05, 4.69) is 10.3 Å². The van der Waals surface area contributed by atoms with E-state index in [0.29, 0.717) is 48.5 Å². The fourth-order valence-electron chi connectivity index (χ4n) is 3.26. The molecule has 7 nitrogen and oxygen atoms in total. The second kappa shape index (κ2) is 8.76. The van der Waals surface area contributed by atoms with Crippen LogP contribution in [0.15, 0.2) is 46.2 Å². The summed E-state index contributed by atoms with van der Waals surface area (Å²) in [6.07, 6.45) is 0. The predicted molar refractivity (Wildman–Crippen MR) is 112 cm³/mol. The minimum Gasteiger partial charge on any atom is -0.456 e. The SMILES string of the molecule is Cc1ccc(C(=O)N2CCN(CC(=O)Nc3nc(-c4ccc(F)cc4)cs3)CC2)o1. The van der Waals surface area contributed by atoms with Crippen molar-refractivity contribution in [3.63, 3.8) is 0 Å². The molecule has 156 valence electrons. The normalized spacial score (nSPS) is 14.7. The minimum atomic E-state index is -0.302. The number of halogens is 1. The average Bonchev–Trinajstić information content (AvgIpc) is 3.38. The first-order valence-corrected chi connectivity index (χ1v) is 10.5. The van der Waals surface area contributed by atoms with Gasteiger partial charge in [0, 0.05) is 37.1 Å². The van der Waals surface area contributed by atoms with Gasteiger partial charge in [0.05, 0.1) is 12.2 Å². The van der Waals surface area contributed by atoms with Crippen LogP contribution in [0.4, 0.5) is 9.52 Å². The highest BCUT2D eigenvalue weighted by atomic mass is 32.1. The van der Waals surface area contributed by atoms with Gasteiger partial charge in [-0.3, -0.25) is 14.5 Å². The predicted octanol–water partition coefficient (Wildman–Crippen LogP) is 3.25. The molecule has 1 N–H and O–H groups in total. The third kappa shape index (κ3) is 4.74. The number of rotatable bonds is 5. The number of hydrogen-bond acceptors (Lipinski definition) is 6. The molecule has 0 atom stereocenters. The lowest BCUT2D eigenvalue weighted by molar-refractivity contribution is -0.117. The Bertz CT molecular complexity index is 1040. The summed E-state index contributed by atoms with van der Waals surface area (Å²) < 4.78 is 18.5. The molecule has 0 aliphatic carbocycles. The topological polar surface area (TPSA) is 78.7 Å². The first-order valence-electron chi connectivity index (χ1n) is 9.57. The van der Waals surface area contributed by atoms with Crippen LogP contribution < -0.4 is 5.32 Å². The first-order chi connectivity index (χ1) is 14.5. The van der Waals surface area contributed by atoms with Crippen LogP contribution in [0.1, 0.15) is 16.3 Å². The van der Waals surface area contributed by atoms with Crippen LogP contribution in [0.2, 0.25) is 0 Å². The summed E-state index contributed by atoms with van der Waals surface area (Å²) in [5.74, 6) is 0.473. The summed E-state index contributed by atoms with van der Waals surface area (Å²) in [5, 5.41) is 5.13. The molecule has 0 bridgehead atoms. The summed E-state index contributed by atoms with van der Waals surface area (Å²) >= 11 is 1.32. The standard InChI is InChI=1S/C21H21FN4O3S/c1-14-2-7-18(29-14)20(28)26-10-8-25(9-11-26)12-19(27)24-21-23-17(13-30-21)15-3-5-16(22)6-4-15/h2-7,13H,8-12H2,1H3,(H,23,24,27). The zero-order chi connectivity index (χ0) is 21.1. The molecule has 1 saturated heterocycles. The number of aryl methyl sites for hydroxylation is 1. The van der Waals surface area contributed by atoms with Crippen LogP contribution in [-0.4, -0.2) is 59.3 Å². The van der Waals surface area contributed by atoms with E-state index in [0.717, 1.165) is 5.56 Å². The molecule has 3 heterocycles. The first kappa shape index (κ1) is 20.2. The van der Waals surface area contributed by atoms with Gasteiger partial charge in [-0.2, -0.15) is 0 Å². The van der Waals surface area contributed by atoms with Crippen molar-refractivity contribution < 1.29 is 18.4 Å². The maximum Gasteiger partial charge on any atom is 0.289 e. The molecule has 2 amide bonds. The monoisotopic (exact) mass is 428 g/mol. The lowest BCUT2D eigenvalue weighted by atomic mass is 10.2. The third-order valence-electron chi connectivity index (χ3n) is 4.87.